The number of fused-ring (bicyclic) bond motifs is 1. The molecule has 0 aliphatic carbocycles. The Kier molecular flexibility index (Phi) is 5.58. The molecular weight excluding hydrogens is 363 g/mol. The quantitative estimate of drug-likeness (QED) is 0.624. The summed E-state index contributed by atoms with van der Waals surface area (Å²) in [6, 6.07) is 11.0. The lowest BCUT2D eigenvalue weighted by atomic mass is 10.2. The summed E-state index contributed by atoms with van der Waals surface area (Å²) in [5.74, 6) is 0.874. The molecular formula is C18H18F3N3O3. The summed E-state index contributed by atoms with van der Waals surface area (Å²) in [5.41, 5.74) is 6.68. The largest absolute Gasteiger partial charge is 0.573 e. The summed E-state index contributed by atoms with van der Waals surface area (Å²) in [7, 11) is 0. The molecule has 27 heavy (non-hydrogen) atoms. The van der Waals surface area contributed by atoms with Crippen molar-refractivity contribution in [1.82, 2.24) is 0 Å². The molecule has 3 N–H and O–H groups in total. The van der Waals surface area contributed by atoms with Gasteiger partial charge in [0.15, 0.2) is 23.2 Å². The Morgan fingerprint density at radius 2 is 1.85 bits per heavy atom. The number of nitrogens with one attached hydrogen (secondary N) is 1. The van der Waals surface area contributed by atoms with Crippen LogP contribution in [0.3, 0.4) is 0 Å². The van der Waals surface area contributed by atoms with Crippen molar-refractivity contribution in [3.8, 4) is 17.2 Å². The van der Waals surface area contributed by atoms with E-state index in [1.54, 1.807) is 18.2 Å². The van der Waals surface area contributed by atoms with Gasteiger partial charge in [0.2, 0.25) is 0 Å². The Labute approximate surface area is 153 Å². The fourth-order valence-electron chi connectivity index (χ4n) is 2.44. The van der Waals surface area contributed by atoms with Gasteiger partial charge in [-0.3, -0.25) is 0 Å². The van der Waals surface area contributed by atoms with Crippen LogP contribution < -0.4 is 25.3 Å². The van der Waals surface area contributed by atoms with Gasteiger partial charge in [0.05, 0.1) is 25.4 Å². The zero-order valence-electron chi connectivity index (χ0n) is 14.3. The van der Waals surface area contributed by atoms with Crippen LogP contribution in [0.5, 0.6) is 17.2 Å². The average Bonchev–Trinajstić information content (AvgIpc) is 2.85. The van der Waals surface area contributed by atoms with Crippen LogP contribution in [0.15, 0.2) is 47.5 Å². The second-order valence-corrected chi connectivity index (χ2v) is 5.70. The molecule has 9 heteroatoms. The highest BCUT2D eigenvalue weighted by molar-refractivity contribution is 5.93. The molecule has 0 spiro atoms. The lowest BCUT2D eigenvalue weighted by Gasteiger charge is -2.14. The van der Waals surface area contributed by atoms with Crippen LogP contribution in [-0.4, -0.2) is 25.5 Å². The number of nitrogens with zero attached hydrogens (tertiary/aromatic N) is 1. The fraction of sp³-hybridized carbons (Fsp3) is 0.278. The SMILES string of the molecule is NC(=NCc1ccc2c(c1)OCCCO2)Nc1ccccc1OC(F)(F)F. The van der Waals surface area contributed by atoms with Gasteiger partial charge in [0.25, 0.3) is 0 Å². The Hall–Kier alpha value is -3.10. The second kappa shape index (κ2) is 8.07. The molecule has 0 saturated carbocycles. The number of guanidine groups is 1. The first-order valence-electron chi connectivity index (χ1n) is 8.21. The molecule has 2 aromatic carbocycles. The van der Waals surface area contributed by atoms with Gasteiger partial charge < -0.3 is 25.3 Å². The topological polar surface area (TPSA) is 78.1 Å². The van der Waals surface area contributed by atoms with Crippen molar-refractivity contribution in [2.75, 3.05) is 18.5 Å². The minimum atomic E-state index is -4.80. The number of anilines is 1. The van der Waals surface area contributed by atoms with E-state index in [1.165, 1.54) is 18.2 Å². The number of benzene rings is 2. The molecule has 2 aromatic rings. The zero-order valence-corrected chi connectivity index (χ0v) is 14.3. The van der Waals surface area contributed by atoms with Gasteiger partial charge >= 0.3 is 6.36 Å². The molecule has 0 fully saturated rings. The number of hydrogen-bond acceptors (Lipinski definition) is 4. The third-order valence-corrected chi connectivity index (χ3v) is 3.62. The average molecular weight is 381 g/mol. The van der Waals surface area contributed by atoms with E-state index in [1.807, 2.05) is 6.07 Å². The van der Waals surface area contributed by atoms with Crippen LogP contribution in [0.1, 0.15) is 12.0 Å². The number of para-hydroxylation sites is 2. The van der Waals surface area contributed by atoms with E-state index in [4.69, 9.17) is 15.2 Å². The maximum atomic E-state index is 12.5. The van der Waals surface area contributed by atoms with Crippen LogP contribution in [0.4, 0.5) is 18.9 Å². The van der Waals surface area contributed by atoms with Crippen molar-refractivity contribution >= 4 is 11.6 Å². The Morgan fingerprint density at radius 1 is 1.11 bits per heavy atom. The van der Waals surface area contributed by atoms with Crippen molar-refractivity contribution in [3.63, 3.8) is 0 Å². The molecule has 0 radical (unpaired) electrons. The Bertz CT molecular complexity index is 825. The van der Waals surface area contributed by atoms with Crippen LogP contribution in [0.25, 0.3) is 0 Å². The molecule has 1 aliphatic heterocycles. The molecule has 0 bridgehead atoms. The van der Waals surface area contributed by atoms with E-state index >= 15 is 0 Å². The Balaban J connectivity index is 1.68. The summed E-state index contributed by atoms with van der Waals surface area (Å²) in [6.45, 7) is 1.39. The summed E-state index contributed by atoms with van der Waals surface area (Å²) in [4.78, 5) is 4.15. The third kappa shape index (κ3) is 5.44. The number of rotatable bonds is 4. The smallest absolute Gasteiger partial charge is 0.490 e. The molecule has 0 amide bonds. The molecule has 6 nitrogen and oxygen atoms in total. The van der Waals surface area contributed by atoms with Gasteiger partial charge in [0.1, 0.15) is 0 Å². The predicted molar refractivity (Wildman–Crippen MR) is 94.1 cm³/mol. The minimum absolute atomic E-state index is 0.0414. The number of alkyl halides is 3. The van der Waals surface area contributed by atoms with Crippen molar-refractivity contribution in [1.29, 1.82) is 0 Å². The van der Waals surface area contributed by atoms with E-state index in [9.17, 15) is 13.2 Å². The van der Waals surface area contributed by atoms with Crippen molar-refractivity contribution in [2.24, 2.45) is 10.7 Å². The van der Waals surface area contributed by atoms with E-state index in [-0.39, 0.29) is 18.2 Å². The van der Waals surface area contributed by atoms with Gasteiger partial charge in [-0.2, -0.15) is 0 Å². The third-order valence-electron chi connectivity index (χ3n) is 3.62. The first-order chi connectivity index (χ1) is 12.9. The summed E-state index contributed by atoms with van der Waals surface area (Å²) in [5, 5.41) is 2.62. The maximum Gasteiger partial charge on any atom is 0.573 e. The molecule has 0 aromatic heterocycles. The predicted octanol–water partition coefficient (Wildman–Crippen LogP) is 3.67. The van der Waals surface area contributed by atoms with Crippen LogP contribution in [0.2, 0.25) is 0 Å². The van der Waals surface area contributed by atoms with E-state index in [2.05, 4.69) is 15.0 Å². The van der Waals surface area contributed by atoms with Gasteiger partial charge in [-0.1, -0.05) is 18.2 Å². The second-order valence-electron chi connectivity index (χ2n) is 5.70. The van der Waals surface area contributed by atoms with Gasteiger partial charge in [-0.25, -0.2) is 4.99 Å². The Morgan fingerprint density at radius 3 is 2.63 bits per heavy atom. The fourth-order valence-corrected chi connectivity index (χ4v) is 2.44. The van der Waals surface area contributed by atoms with Gasteiger partial charge in [0, 0.05) is 6.42 Å². The highest BCUT2D eigenvalue weighted by atomic mass is 19.4. The van der Waals surface area contributed by atoms with Gasteiger partial charge in [-0.15, -0.1) is 13.2 Å². The zero-order chi connectivity index (χ0) is 19.3. The first kappa shape index (κ1) is 18.7. The van der Waals surface area contributed by atoms with Gasteiger partial charge in [-0.05, 0) is 29.8 Å². The van der Waals surface area contributed by atoms with Crippen molar-refractivity contribution < 1.29 is 27.4 Å². The van der Waals surface area contributed by atoms with E-state index in [0.29, 0.717) is 24.7 Å². The monoisotopic (exact) mass is 381 g/mol. The highest BCUT2D eigenvalue weighted by Gasteiger charge is 2.32. The standard InChI is InChI=1S/C18H18F3N3O3/c19-18(20,21)27-14-5-2-1-4-13(14)24-17(22)23-11-12-6-7-15-16(10-12)26-9-3-8-25-15/h1-2,4-7,10H,3,8-9,11H2,(H3,22,23,24). The normalized spacial score (nSPS) is 14.4. The van der Waals surface area contributed by atoms with E-state index in [0.717, 1.165) is 12.0 Å². The molecule has 0 saturated heterocycles. The maximum absolute atomic E-state index is 12.5. The lowest BCUT2D eigenvalue weighted by molar-refractivity contribution is -0.274. The van der Waals surface area contributed by atoms with Crippen LogP contribution in [0, 0.1) is 0 Å². The molecule has 1 aliphatic rings. The molecule has 1 heterocycles. The molecule has 0 atom stereocenters. The van der Waals surface area contributed by atoms with Crippen LogP contribution in [-0.2, 0) is 6.54 Å². The van der Waals surface area contributed by atoms with Crippen LogP contribution >= 0.6 is 0 Å². The van der Waals surface area contributed by atoms with E-state index < -0.39 is 12.1 Å². The van der Waals surface area contributed by atoms with Crippen molar-refractivity contribution in [3.05, 3.63) is 48.0 Å². The number of aliphatic imine (C=N–C) groups is 1. The van der Waals surface area contributed by atoms with Crippen molar-refractivity contribution in [2.45, 2.75) is 19.3 Å². The lowest BCUT2D eigenvalue weighted by Crippen LogP contribution is -2.24. The summed E-state index contributed by atoms with van der Waals surface area (Å²) in [6.07, 6.45) is -3.99. The number of halogens is 3. The molecule has 3 rings (SSSR count). The first-order valence-corrected chi connectivity index (χ1v) is 8.21. The number of nitrogens with two attached hydrogens (primary N) is 1. The highest BCUT2D eigenvalue weighted by Crippen LogP contribution is 2.31. The summed E-state index contributed by atoms with van der Waals surface area (Å²) >= 11 is 0. The minimum Gasteiger partial charge on any atom is -0.490 e. The summed E-state index contributed by atoms with van der Waals surface area (Å²) < 4.78 is 52.5. The molecule has 144 valence electrons. The number of hydrogen-bond donors (Lipinski definition) is 2. The molecule has 0 unspecified atom stereocenters. The number of ether oxygens (including phenoxy) is 3.